The molecule has 170 valence electrons. The number of nitrogens with one attached hydrogen (secondary N) is 1. The van der Waals surface area contributed by atoms with E-state index in [9.17, 15) is 13.6 Å². The number of piperazine rings is 1. The van der Waals surface area contributed by atoms with Gasteiger partial charge in [0.25, 0.3) is 5.91 Å². The predicted molar refractivity (Wildman–Crippen MR) is 117 cm³/mol. The highest BCUT2D eigenvalue weighted by Gasteiger charge is 2.26. The molecule has 0 aromatic heterocycles. The van der Waals surface area contributed by atoms with Gasteiger partial charge in [-0.1, -0.05) is 0 Å². The maximum atomic E-state index is 14.0. The van der Waals surface area contributed by atoms with E-state index in [1.807, 2.05) is 11.0 Å². The summed E-state index contributed by atoms with van der Waals surface area (Å²) in [6, 6.07) is 4.07. The fraction of sp³-hybridized carbons (Fsp3) is 0.625. The number of rotatable bonds is 6. The van der Waals surface area contributed by atoms with E-state index in [4.69, 9.17) is 4.74 Å². The Hall–Kier alpha value is -2.15. The van der Waals surface area contributed by atoms with Gasteiger partial charge in [-0.15, -0.1) is 0 Å². The lowest BCUT2D eigenvalue weighted by atomic mass is 9.84. The Morgan fingerprint density at radius 2 is 1.87 bits per heavy atom. The molecule has 7 heteroatoms. The molecule has 0 radical (unpaired) electrons. The van der Waals surface area contributed by atoms with Crippen molar-refractivity contribution in [1.29, 1.82) is 0 Å². The lowest BCUT2D eigenvalue weighted by Crippen LogP contribution is -2.47. The molecule has 1 aliphatic carbocycles. The van der Waals surface area contributed by atoms with E-state index in [1.54, 1.807) is 0 Å². The third-order valence-corrected chi connectivity index (χ3v) is 6.82. The molecule has 0 unspecified atom stereocenters. The lowest BCUT2D eigenvalue weighted by molar-refractivity contribution is -0.122. The maximum absolute atomic E-state index is 14.0. The molecule has 0 atom stereocenters. The monoisotopic (exact) mass is 433 g/mol. The first-order valence-corrected chi connectivity index (χ1v) is 11.6. The van der Waals surface area contributed by atoms with Gasteiger partial charge in [0.2, 0.25) is 0 Å². The van der Waals surface area contributed by atoms with Gasteiger partial charge in [0.1, 0.15) is 11.6 Å². The van der Waals surface area contributed by atoms with Crippen molar-refractivity contribution < 1.29 is 18.3 Å². The van der Waals surface area contributed by atoms with Crippen molar-refractivity contribution >= 4 is 11.6 Å². The molecule has 0 spiro atoms. The summed E-state index contributed by atoms with van der Waals surface area (Å²) in [5, 5.41) is 3.14. The number of nitrogens with zero attached hydrogens (tertiary/aromatic N) is 2. The van der Waals surface area contributed by atoms with Crippen LogP contribution in [-0.2, 0) is 9.53 Å². The van der Waals surface area contributed by atoms with Gasteiger partial charge in [-0.3, -0.25) is 9.69 Å². The van der Waals surface area contributed by atoms with Crippen LogP contribution in [0.4, 0.5) is 14.5 Å². The van der Waals surface area contributed by atoms with Gasteiger partial charge >= 0.3 is 0 Å². The zero-order valence-corrected chi connectivity index (χ0v) is 18.1. The van der Waals surface area contributed by atoms with Crippen LogP contribution in [0.15, 0.2) is 30.0 Å². The van der Waals surface area contributed by atoms with Crippen LogP contribution in [0.5, 0.6) is 0 Å². The van der Waals surface area contributed by atoms with Crippen LogP contribution in [0.3, 0.4) is 0 Å². The molecule has 2 heterocycles. The van der Waals surface area contributed by atoms with Crippen molar-refractivity contribution in [2.45, 2.75) is 51.0 Å². The summed E-state index contributed by atoms with van der Waals surface area (Å²) in [4.78, 5) is 16.7. The van der Waals surface area contributed by atoms with Crippen LogP contribution in [0.25, 0.3) is 0 Å². The summed E-state index contributed by atoms with van der Waals surface area (Å²) in [7, 11) is 0. The Bertz CT molecular complexity index is 785. The highest BCUT2D eigenvalue weighted by atomic mass is 19.1. The van der Waals surface area contributed by atoms with Crippen molar-refractivity contribution in [3.05, 3.63) is 41.7 Å². The second kappa shape index (κ2) is 10.4. The van der Waals surface area contributed by atoms with Crippen molar-refractivity contribution in [2.75, 3.05) is 44.2 Å². The predicted octanol–water partition coefficient (Wildman–Crippen LogP) is 3.85. The van der Waals surface area contributed by atoms with Crippen molar-refractivity contribution in [2.24, 2.45) is 5.92 Å². The minimum Gasteiger partial charge on any atom is -0.488 e. The van der Waals surface area contributed by atoms with Gasteiger partial charge in [0.15, 0.2) is 5.76 Å². The Morgan fingerprint density at radius 3 is 2.55 bits per heavy atom. The molecule has 31 heavy (non-hydrogen) atoms. The third kappa shape index (κ3) is 5.97. The van der Waals surface area contributed by atoms with Crippen LogP contribution in [-0.4, -0.2) is 56.2 Å². The van der Waals surface area contributed by atoms with Crippen LogP contribution in [0.1, 0.15) is 44.9 Å². The minimum atomic E-state index is -0.534. The molecule has 4 rings (SSSR count). The van der Waals surface area contributed by atoms with E-state index in [0.29, 0.717) is 24.0 Å². The highest BCUT2D eigenvalue weighted by molar-refractivity contribution is 5.91. The van der Waals surface area contributed by atoms with Crippen molar-refractivity contribution in [1.82, 2.24) is 10.2 Å². The molecule has 1 aromatic rings. The summed E-state index contributed by atoms with van der Waals surface area (Å²) in [5.74, 6) is 0.120. The Morgan fingerprint density at radius 1 is 1.10 bits per heavy atom. The van der Waals surface area contributed by atoms with Gasteiger partial charge in [0.05, 0.1) is 12.3 Å². The van der Waals surface area contributed by atoms with E-state index in [2.05, 4.69) is 10.2 Å². The van der Waals surface area contributed by atoms with E-state index in [-0.39, 0.29) is 11.9 Å². The topological polar surface area (TPSA) is 44.8 Å². The second-order valence-electron chi connectivity index (χ2n) is 8.96. The fourth-order valence-electron chi connectivity index (χ4n) is 4.88. The first-order chi connectivity index (χ1) is 15.1. The number of amides is 1. The maximum Gasteiger partial charge on any atom is 0.286 e. The largest absolute Gasteiger partial charge is 0.488 e. The first kappa shape index (κ1) is 22.1. The minimum absolute atomic E-state index is 0.0568. The molecular formula is C24H33F2N3O2. The molecule has 1 saturated heterocycles. The molecule has 1 aromatic carbocycles. The van der Waals surface area contributed by atoms with Crippen LogP contribution >= 0.6 is 0 Å². The Labute approximate surface area is 183 Å². The average molecular weight is 434 g/mol. The van der Waals surface area contributed by atoms with E-state index < -0.39 is 11.6 Å². The van der Waals surface area contributed by atoms with E-state index >= 15 is 0 Å². The summed E-state index contributed by atoms with van der Waals surface area (Å²) >= 11 is 0. The molecular weight excluding hydrogens is 400 g/mol. The lowest BCUT2D eigenvalue weighted by Gasteiger charge is -2.37. The number of benzene rings is 1. The van der Waals surface area contributed by atoms with Crippen LogP contribution in [0.2, 0.25) is 0 Å². The SMILES string of the molecule is O=C(N[C@H]1CC[C@H](CCN2CCN(c3ccc(F)cc3F)CC2)CC1)C1=CCCCO1. The molecule has 2 fully saturated rings. The number of allylic oxidation sites excluding steroid dienone is 1. The number of anilines is 1. The van der Waals surface area contributed by atoms with Gasteiger partial charge in [-0.05, 0) is 75.6 Å². The molecule has 2 aliphatic heterocycles. The van der Waals surface area contributed by atoms with Gasteiger partial charge in [-0.2, -0.15) is 0 Å². The summed E-state index contributed by atoms with van der Waals surface area (Å²) in [5.41, 5.74) is 0.496. The fourth-order valence-corrected chi connectivity index (χ4v) is 4.88. The Kier molecular flexibility index (Phi) is 7.43. The van der Waals surface area contributed by atoms with Crippen LogP contribution < -0.4 is 10.2 Å². The van der Waals surface area contributed by atoms with Gasteiger partial charge < -0.3 is 15.0 Å². The zero-order chi connectivity index (χ0) is 21.6. The normalized spacial score (nSPS) is 25.0. The molecule has 1 N–H and O–H groups in total. The average Bonchev–Trinajstić information content (AvgIpc) is 2.80. The van der Waals surface area contributed by atoms with Gasteiger partial charge in [-0.25, -0.2) is 8.78 Å². The molecule has 1 amide bonds. The summed E-state index contributed by atoms with van der Waals surface area (Å²) < 4.78 is 32.6. The van der Waals surface area contributed by atoms with Gasteiger partial charge in [0, 0.05) is 38.3 Å². The zero-order valence-electron chi connectivity index (χ0n) is 18.1. The summed E-state index contributed by atoms with van der Waals surface area (Å²) in [6.07, 6.45) is 9.32. The molecule has 0 bridgehead atoms. The number of hydrogen-bond acceptors (Lipinski definition) is 4. The number of halogens is 2. The smallest absolute Gasteiger partial charge is 0.286 e. The number of ether oxygens (including phenoxy) is 1. The quantitative estimate of drug-likeness (QED) is 0.740. The van der Waals surface area contributed by atoms with Crippen molar-refractivity contribution in [3.63, 3.8) is 0 Å². The number of hydrogen-bond donors (Lipinski definition) is 1. The number of carbonyl (C=O) groups is 1. The van der Waals surface area contributed by atoms with E-state index in [1.165, 1.54) is 18.6 Å². The molecule has 1 saturated carbocycles. The molecule has 5 nitrogen and oxygen atoms in total. The second-order valence-corrected chi connectivity index (χ2v) is 8.96. The summed E-state index contributed by atoms with van der Waals surface area (Å²) in [6.45, 7) is 5.02. The first-order valence-electron chi connectivity index (χ1n) is 11.6. The Balaban J connectivity index is 1.14. The highest BCUT2D eigenvalue weighted by Crippen LogP contribution is 2.28. The van der Waals surface area contributed by atoms with Crippen molar-refractivity contribution in [3.8, 4) is 0 Å². The van der Waals surface area contributed by atoms with E-state index in [0.717, 1.165) is 77.3 Å². The number of carbonyl (C=O) groups excluding carboxylic acids is 1. The van der Waals surface area contributed by atoms with Crippen LogP contribution in [0, 0.1) is 17.6 Å². The standard InChI is InChI=1S/C24H33F2N3O2/c25-19-6-9-22(21(26)17-19)29-14-12-28(13-15-29)11-10-18-4-7-20(8-5-18)27-24(30)23-3-1-2-16-31-23/h3,6,9,17-18,20H,1-2,4-5,7-8,10-16H2,(H,27,30)/t18-,20-. The molecule has 3 aliphatic rings. The third-order valence-electron chi connectivity index (χ3n) is 6.82.